The van der Waals surface area contributed by atoms with Gasteiger partial charge in [-0.1, -0.05) is 19.4 Å². The molecule has 3 saturated carbocycles. The average Bonchev–Trinajstić information content (AvgIpc) is 2.87. The number of hydrogen-bond donors (Lipinski definition) is 1. The van der Waals surface area contributed by atoms with E-state index in [-0.39, 0.29) is 41.2 Å². The number of fused-ring (bicyclic) bond motifs is 5. The summed E-state index contributed by atoms with van der Waals surface area (Å²) < 4.78 is 5.81. The number of rotatable bonds is 2. The molecule has 8 atom stereocenters. The zero-order chi connectivity index (χ0) is 20.4. The van der Waals surface area contributed by atoms with Gasteiger partial charge in [0.15, 0.2) is 17.2 Å². The van der Waals surface area contributed by atoms with Crippen LogP contribution in [0.3, 0.4) is 0 Å². The highest BCUT2D eigenvalue weighted by atomic mass is 16.6. The summed E-state index contributed by atoms with van der Waals surface area (Å²) in [5.74, 6) is 0.948. The zero-order valence-corrected chi connectivity index (χ0v) is 17.4. The van der Waals surface area contributed by atoms with Gasteiger partial charge >= 0.3 is 5.97 Å². The molecule has 4 rings (SSSR count). The third-order valence-corrected chi connectivity index (χ3v) is 8.63. The molecular weight excluding hydrogens is 356 g/mol. The van der Waals surface area contributed by atoms with Gasteiger partial charge in [0.1, 0.15) is 0 Å². The molecule has 154 valence electrons. The van der Waals surface area contributed by atoms with E-state index in [2.05, 4.69) is 13.8 Å². The Morgan fingerprint density at radius 1 is 1.25 bits per heavy atom. The van der Waals surface area contributed by atoms with Gasteiger partial charge < -0.3 is 9.84 Å². The second kappa shape index (κ2) is 6.51. The third-order valence-electron chi connectivity index (χ3n) is 8.63. The second-order valence-corrected chi connectivity index (χ2v) is 9.98. The summed E-state index contributed by atoms with van der Waals surface area (Å²) in [4.78, 5) is 36.6. The van der Waals surface area contributed by atoms with Gasteiger partial charge in [-0.3, -0.25) is 14.4 Å². The van der Waals surface area contributed by atoms with Crippen LogP contribution in [-0.2, 0) is 19.1 Å². The molecule has 4 aliphatic carbocycles. The zero-order valence-electron chi connectivity index (χ0n) is 17.4. The Balaban J connectivity index is 1.73. The highest BCUT2D eigenvalue weighted by molar-refractivity contribution is 5.92. The van der Waals surface area contributed by atoms with E-state index in [1.54, 1.807) is 13.0 Å². The summed E-state index contributed by atoms with van der Waals surface area (Å²) in [5, 5.41) is 10.8. The van der Waals surface area contributed by atoms with Gasteiger partial charge in [0, 0.05) is 24.7 Å². The van der Waals surface area contributed by atoms with E-state index >= 15 is 0 Å². The monoisotopic (exact) mass is 388 g/mol. The number of ether oxygens (including phenoxy) is 1. The lowest BCUT2D eigenvalue weighted by Crippen LogP contribution is -2.60. The van der Waals surface area contributed by atoms with Gasteiger partial charge in [0.25, 0.3) is 0 Å². The first-order valence-electron chi connectivity index (χ1n) is 10.7. The summed E-state index contributed by atoms with van der Waals surface area (Å²) in [6, 6.07) is 0. The SMILES string of the molecule is CC(=O)O[C@]1(C(C)=O)CC[C@H]2C3CCC4=CC(=O)CC(O)C4[C@H]3[C@@H](C)CC21C. The Labute approximate surface area is 166 Å². The van der Waals surface area contributed by atoms with Crippen LogP contribution in [0.25, 0.3) is 0 Å². The molecule has 0 aromatic carbocycles. The van der Waals surface area contributed by atoms with E-state index < -0.39 is 11.7 Å². The van der Waals surface area contributed by atoms with Crippen LogP contribution >= 0.6 is 0 Å². The van der Waals surface area contributed by atoms with E-state index in [1.807, 2.05) is 0 Å². The smallest absolute Gasteiger partial charge is 0.303 e. The van der Waals surface area contributed by atoms with Gasteiger partial charge in [-0.2, -0.15) is 0 Å². The summed E-state index contributed by atoms with van der Waals surface area (Å²) in [7, 11) is 0. The maximum atomic E-state index is 12.8. The van der Waals surface area contributed by atoms with Crippen molar-refractivity contribution in [2.45, 2.75) is 77.9 Å². The number of aliphatic hydroxyl groups is 1. The van der Waals surface area contributed by atoms with Crippen molar-refractivity contribution in [3.63, 3.8) is 0 Å². The predicted molar refractivity (Wildman–Crippen MR) is 103 cm³/mol. The molecule has 0 aliphatic heterocycles. The normalized spacial score (nSPS) is 47.5. The molecule has 0 amide bonds. The molecule has 4 unspecified atom stereocenters. The summed E-state index contributed by atoms with van der Waals surface area (Å²) in [6.07, 6.45) is 5.49. The maximum Gasteiger partial charge on any atom is 0.303 e. The number of carbonyl (C=O) groups excluding carboxylic acids is 3. The lowest BCUT2D eigenvalue weighted by Gasteiger charge is -2.58. The molecule has 5 heteroatoms. The van der Waals surface area contributed by atoms with E-state index in [9.17, 15) is 19.5 Å². The van der Waals surface area contributed by atoms with Gasteiger partial charge in [-0.15, -0.1) is 0 Å². The molecule has 0 heterocycles. The molecule has 0 aromatic heterocycles. The Kier molecular flexibility index (Phi) is 4.61. The van der Waals surface area contributed by atoms with E-state index in [0.717, 1.165) is 31.3 Å². The van der Waals surface area contributed by atoms with Crippen LogP contribution in [0.4, 0.5) is 0 Å². The minimum atomic E-state index is -1.03. The molecule has 0 saturated heterocycles. The predicted octanol–water partition coefficient (Wildman–Crippen LogP) is 3.24. The lowest BCUT2D eigenvalue weighted by atomic mass is 9.47. The van der Waals surface area contributed by atoms with Gasteiger partial charge in [0.2, 0.25) is 0 Å². The highest BCUT2D eigenvalue weighted by Crippen LogP contribution is 2.67. The van der Waals surface area contributed by atoms with Crippen molar-refractivity contribution in [1.82, 2.24) is 0 Å². The van der Waals surface area contributed by atoms with Crippen molar-refractivity contribution in [2.24, 2.45) is 35.0 Å². The summed E-state index contributed by atoms with van der Waals surface area (Å²) in [6.45, 7) is 7.31. The number of hydrogen-bond acceptors (Lipinski definition) is 5. The molecule has 0 radical (unpaired) electrons. The Hall–Kier alpha value is -1.49. The van der Waals surface area contributed by atoms with Crippen LogP contribution < -0.4 is 0 Å². The summed E-state index contributed by atoms with van der Waals surface area (Å²) >= 11 is 0. The van der Waals surface area contributed by atoms with Crippen LogP contribution in [-0.4, -0.2) is 34.3 Å². The van der Waals surface area contributed by atoms with Gasteiger partial charge in [-0.05, 0) is 68.8 Å². The van der Waals surface area contributed by atoms with Gasteiger partial charge in [-0.25, -0.2) is 0 Å². The molecule has 0 aromatic rings. The van der Waals surface area contributed by atoms with Crippen LogP contribution in [0.2, 0.25) is 0 Å². The second-order valence-electron chi connectivity index (χ2n) is 9.98. The van der Waals surface area contributed by atoms with Crippen molar-refractivity contribution in [1.29, 1.82) is 0 Å². The minimum Gasteiger partial charge on any atom is -0.451 e. The highest BCUT2D eigenvalue weighted by Gasteiger charge is 2.68. The molecule has 1 N–H and O–H groups in total. The molecule has 4 aliphatic rings. The van der Waals surface area contributed by atoms with Gasteiger partial charge in [0.05, 0.1) is 6.10 Å². The molecule has 5 nitrogen and oxygen atoms in total. The third kappa shape index (κ3) is 2.58. The molecule has 0 spiro atoms. The maximum absolute atomic E-state index is 12.8. The Morgan fingerprint density at radius 3 is 2.61 bits per heavy atom. The van der Waals surface area contributed by atoms with Crippen molar-refractivity contribution >= 4 is 17.5 Å². The summed E-state index contributed by atoms with van der Waals surface area (Å²) in [5.41, 5.74) is -0.280. The minimum absolute atomic E-state index is 0.0387. The van der Waals surface area contributed by atoms with Crippen molar-refractivity contribution in [3.05, 3.63) is 11.6 Å². The number of Topliss-reactive ketones (excluding diaryl/α,β-unsaturated/α-hetero) is 1. The molecule has 28 heavy (non-hydrogen) atoms. The van der Waals surface area contributed by atoms with Crippen LogP contribution in [0.5, 0.6) is 0 Å². The number of aliphatic hydroxyl groups excluding tert-OH is 1. The van der Waals surface area contributed by atoms with Crippen molar-refractivity contribution in [2.75, 3.05) is 0 Å². The fourth-order valence-electron chi connectivity index (χ4n) is 7.86. The van der Waals surface area contributed by atoms with Crippen LogP contribution in [0.15, 0.2) is 11.6 Å². The van der Waals surface area contributed by atoms with E-state index in [4.69, 9.17) is 4.74 Å². The van der Waals surface area contributed by atoms with Crippen molar-refractivity contribution in [3.8, 4) is 0 Å². The topological polar surface area (TPSA) is 80.7 Å². The number of ketones is 2. The Bertz CT molecular complexity index is 754. The number of esters is 1. The Morgan fingerprint density at radius 2 is 1.96 bits per heavy atom. The van der Waals surface area contributed by atoms with Crippen LogP contribution in [0.1, 0.15) is 66.2 Å². The fourth-order valence-corrected chi connectivity index (χ4v) is 7.86. The fraction of sp³-hybridized carbons (Fsp3) is 0.783. The number of carbonyl (C=O) groups is 3. The first-order valence-corrected chi connectivity index (χ1v) is 10.7. The van der Waals surface area contributed by atoms with E-state index in [0.29, 0.717) is 24.2 Å². The van der Waals surface area contributed by atoms with Crippen LogP contribution in [0, 0.1) is 35.0 Å². The standard InChI is InChI=1S/C23H32O5/c1-12-11-22(4)18(7-8-23(22,13(2)24)28-14(3)25)17-6-5-15-9-16(26)10-19(27)21(15)20(12)17/h9,12,17-21,27H,5-8,10-11H2,1-4H3/t12-,17?,18-,19?,20-,21?,22?,23-/m0/s1. The molecule has 0 bridgehead atoms. The first kappa shape index (κ1) is 19.8. The lowest BCUT2D eigenvalue weighted by molar-refractivity contribution is -0.190. The van der Waals surface area contributed by atoms with E-state index in [1.165, 1.54) is 6.92 Å². The molecular formula is C23H32O5. The van der Waals surface area contributed by atoms with Crippen molar-refractivity contribution < 1.29 is 24.2 Å². The largest absolute Gasteiger partial charge is 0.451 e. The first-order chi connectivity index (χ1) is 13.1. The average molecular weight is 389 g/mol. The quantitative estimate of drug-likeness (QED) is 0.735. The molecule has 3 fully saturated rings.